The fraction of sp³-hybridized carbons (Fsp3) is 0.500. The molecule has 0 radical (unpaired) electrons. The second-order valence-electron chi connectivity index (χ2n) is 5.69. The molecule has 0 atom stereocenters. The standard InChI is InChI=1S/C16H22N4O/c1-12-5-4-6-15(13(12)2)21-14-7-9-20(10-8-14)16-17-11-18-19(16)3/h4-6,11,14H,7-10H2,1-3H3. The Morgan fingerprint density at radius 2 is 1.95 bits per heavy atom. The molecule has 1 saturated heterocycles. The van der Waals surface area contributed by atoms with Gasteiger partial charge in [-0.2, -0.15) is 10.1 Å². The second kappa shape index (κ2) is 5.76. The van der Waals surface area contributed by atoms with Gasteiger partial charge in [-0.25, -0.2) is 4.68 Å². The van der Waals surface area contributed by atoms with Gasteiger partial charge < -0.3 is 9.64 Å². The van der Waals surface area contributed by atoms with Gasteiger partial charge in [0.2, 0.25) is 5.95 Å². The summed E-state index contributed by atoms with van der Waals surface area (Å²) in [6, 6.07) is 6.25. The molecule has 0 N–H and O–H groups in total. The molecule has 0 saturated carbocycles. The van der Waals surface area contributed by atoms with E-state index in [0.29, 0.717) is 0 Å². The molecule has 0 amide bonds. The van der Waals surface area contributed by atoms with E-state index in [4.69, 9.17) is 4.74 Å². The summed E-state index contributed by atoms with van der Waals surface area (Å²) in [5.41, 5.74) is 2.53. The molecular weight excluding hydrogens is 264 g/mol. The number of piperidine rings is 1. The molecule has 1 aliphatic heterocycles. The topological polar surface area (TPSA) is 43.2 Å². The average molecular weight is 286 g/mol. The highest BCUT2D eigenvalue weighted by Gasteiger charge is 2.23. The minimum Gasteiger partial charge on any atom is -0.490 e. The van der Waals surface area contributed by atoms with E-state index in [2.05, 4.69) is 47.0 Å². The Morgan fingerprint density at radius 3 is 2.62 bits per heavy atom. The van der Waals surface area contributed by atoms with Crippen LogP contribution in [0.1, 0.15) is 24.0 Å². The van der Waals surface area contributed by atoms with Crippen molar-refractivity contribution in [2.45, 2.75) is 32.8 Å². The average Bonchev–Trinajstić information content (AvgIpc) is 2.91. The Bertz CT molecular complexity index is 614. The number of ether oxygens (including phenoxy) is 1. The van der Waals surface area contributed by atoms with Crippen LogP contribution in [-0.2, 0) is 7.05 Å². The zero-order valence-corrected chi connectivity index (χ0v) is 12.9. The molecule has 1 aliphatic rings. The maximum Gasteiger partial charge on any atom is 0.223 e. The minimum absolute atomic E-state index is 0.287. The van der Waals surface area contributed by atoms with E-state index >= 15 is 0 Å². The zero-order valence-electron chi connectivity index (χ0n) is 12.9. The Labute approximate surface area is 125 Å². The van der Waals surface area contributed by atoms with Gasteiger partial charge in [0, 0.05) is 33.0 Å². The highest BCUT2D eigenvalue weighted by atomic mass is 16.5. The van der Waals surface area contributed by atoms with Crippen LogP contribution in [-0.4, -0.2) is 34.0 Å². The van der Waals surface area contributed by atoms with Gasteiger partial charge in [-0.15, -0.1) is 0 Å². The lowest BCUT2D eigenvalue weighted by Gasteiger charge is -2.32. The minimum atomic E-state index is 0.287. The highest BCUT2D eigenvalue weighted by molar-refractivity contribution is 5.38. The molecule has 21 heavy (non-hydrogen) atoms. The predicted molar refractivity (Wildman–Crippen MR) is 82.8 cm³/mol. The summed E-state index contributed by atoms with van der Waals surface area (Å²) in [7, 11) is 1.93. The Kier molecular flexibility index (Phi) is 3.82. The maximum atomic E-state index is 6.19. The molecule has 5 nitrogen and oxygen atoms in total. The van der Waals surface area contributed by atoms with Crippen molar-refractivity contribution in [1.82, 2.24) is 14.8 Å². The Morgan fingerprint density at radius 1 is 1.19 bits per heavy atom. The molecule has 3 rings (SSSR count). The normalized spacial score (nSPS) is 16.2. The summed E-state index contributed by atoms with van der Waals surface area (Å²) in [4.78, 5) is 6.58. The van der Waals surface area contributed by atoms with Gasteiger partial charge in [0.1, 0.15) is 18.2 Å². The molecular formula is C16H22N4O. The molecule has 5 heteroatoms. The smallest absolute Gasteiger partial charge is 0.223 e. The molecule has 0 unspecified atom stereocenters. The van der Waals surface area contributed by atoms with Crippen molar-refractivity contribution in [2.75, 3.05) is 18.0 Å². The largest absolute Gasteiger partial charge is 0.490 e. The van der Waals surface area contributed by atoms with Crippen LogP contribution < -0.4 is 9.64 Å². The van der Waals surface area contributed by atoms with E-state index in [1.54, 1.807) is 6.33 Å². The first kappa shape index (κ1) is 13.9. The third-order valence-corrected chi connectivity index (χ3v) is 4.26. The quantitative estimate of drug-likeness (QED) is 0.869. The molecule has 2 aromatic rings. The molecule has 2 heterocycles. The molecule has 0 spiro atoms. The van der Waals surface area contributed by atoms with Crippen molar-refractivity contribution >= 4 is 5.95 Å². The van der Waals surface area contributed by atoms with E-state index in [1.165, 1.54) is 11.1 Å². The summed E-state index contributed by atoms with van der Waals surface area (Å²) >= 11 is 0. The summed E-state index contributed by atoms with van der Waals surface area (Å²) < 4.78 is 8.02. The first-order valence-electron chi connectivity index (χ1n) is 7.47. The van der Waals surface area contributed by atoms with Crippen molar-refractivity contribution in [3.05, 3.63) is 35.7 Å². The number of aryl methyl sites for hydroxylation is 2. The molecule has 1 aromatic carbocycles. The van der Waals surface area contributed by atoms with E-state index in [-0.39, 0.29) is 6.10 Å². The lowest BCUT2D eigenvalue weighted by atomic mass is 10.1. The van der Waals surface area contributed by atoms with Crippen molar-refractivity contribution in [2.24, 2.45) is 7.05 Å². The van der Waals surface area contributed by atoms with E-state index in [9.17, 15) is 0 Å². The fourth-order valence-corrected chi connectivity index (χ4v) is 2.78. The molecule has 112 valence electrons. The van der Waals surface area contributed by atoms with Crippen LogP contribution in [0.15, 0.2) is 24.5 Å². The fourth-order valence-electron chi connectivity index (χ4n) is 2.78. The van der Waals surface area contributed by atoms with Crippen LogP contribution in [0, 0.1) is 13.8 Å². The summed E-state index contributed by atoms with van der Waals surface area (Å²) in [5.74, 6) is 1.97. The van der Waals surface area contributed by atoms with Crippen LogP contribution in [0.5, 0.6) is 5.75 Å². The number of benzene rings is 1. The number of rotatable bonds is 3. The van der Waals surface area contributed by atoms with Crippen molar-refractivity contribution in [3.63, 3.8) is 0 Å². The number of aromatic nitrogens is 3. The Hall–Kier alpha value is -2.04. The maximum absolute atomic E-state index is 6.19. The van der Waals surface area contributed by atoms with Crippen LogP contribution >= 0.6 is 0 Å². The van der Waals surface area contributed by atoms with Gasteiger partial charge in [-0.3, -0.25) is 0 Å². The number of hydrogen-bond acceptors (Lipinski definition) is 4. The van der Waals surface area contributed by atoms with Gasteiger partial charge in [-0.1, -0.05) is 12.1 Å². The number of anilines is 1. The van der Waals surface area contributed by atoms with Crippen molar-refractivity contribution < 1.29 is 4.74 Å². The van der Waals surface area contributed by atoms with Crippen LogP contribution in [0.4, 0.5) is 5.95 Å². The molecule has 0 bridgehead atoms. The third-order valence-electron chi connectivity index (χ3n) is 4.26. The summed E-state index contributed by atoms with van der Waals surface area (Å²) in [6.07, 6.45) is 3.92. The van der Waals surface area contributed by atoms with Crippen LogP contribution in [0.25, 0.3) is 0 Å². The lowest BCUT2D eigenvalue weighted by Crippen LogP contribution is -2.39. The highest BCUT2D eigenvalue weighted by Crippen LogP contribution is 2.25. The first-order valence-corrected chi connectivity index (χ1v) is 7.47. The number of hydrogen-bond donors (Lipinski definition) is 0. The molecule has 0 aliphatic carbocycles. The van der Waals surface area contributed by atoms with E-state index in [1.807, 2.05) is 11.7 Å². The predicted octanol–water partition coefficient (Wildman–Crippen LogP) is 2.48. The van der Waals surface area contributed by atoms with Gasteiger partial charge in [0.25, 0.3) is 0 Å². The Balaban J connectivity index is 1.61. The van der Waals surface area contributed by atoms with Gasteiger partial charge in [0.15, 0.2) is 0 Å². The lowest BCUT2D eigenvalue weighted by molar-refractivity contribution is 0.169. The summed E-state index contributed by atoms with van der Waals surface area (Å²) in [6.45, 7) is 6.17. The molecule has 1 aromatic heterocycles. The monoisotopic (exact) mass is 286 g/mol. The second-order valence-corrected chi connectivity index (χ2v) is 5.69. The van der Waals surface area contributed by atoms with Crippen LogP contribution in [0.3, 0.4) is 0 Å². The SMILES string of the molecule is Cc1cccc(OC2CCN(c3ncnn3C)CC2)c1C. The number of nitrogens with zero attached hydrogens (tertiary/aromatic N) is 4. The van der Waals surface area contributed by atoms with Gasteiger partial charge in [0.05, 0.1) is 0 Å². The van der Waals surface area contributed by atoms with Crippen LogP contribution in [0.2, 0.25) is 0 Å². The summed E-state index contributed by atoms with van der Waals surface area (Å²) in [5, 5.41) is 4.13. The zero-order chi connectivity index (χ0) is 14.8. The molecule has 1 fully saturated rings. The first-order chi connectivity index (χ1) is 10.1. The van der Waals surface area contributed by atoms with Crippen molar-refractivity contribution in [3.8, 4) is 5.75 Å². The van der Waals surface area contributed by atoms with Crippen molar-refractivity contribution in [1.29, 1.82) is 0 Å². The van der Waals surface area contributed by atoms with E-state index < -0.39 is 0 Å². The van der Waals surface area contributed by atoms with E-state index in [0.717, 1.165) is 37.6 Å². The van der Waals surface area contributed by atoms with Gasteiger partial charge in [-0.05, 0) is 31.0 Å². The third kappa shape index (κ3) is 2.86. The van der Waals surface area contributed by atoms with Gasteiger partial charge >= 0.3 is 0 Å².